The van der Waals surface area contributed by atoms with Gasteiger partial charge in [0.15, 0.2) is 15.1 Å². The first-order valence-corrected chi connectivity index (χ1v) is 11.9. The first-order valence-electron chi connectivity index (χ1n) is 11.9. The zero-order chi connectivity index (χ0) is 24.4. The fraction of sp³-hybridized carbons (Fsp3) is 0. The molecule has 0 amide bonds. The normalized spacial score (nSPS) is 10.2. The molecule has 0 fully saturated rings. The quantitative estimate of drug-likeness (QED) is 0.254. The van der Waals surface area contributed by atoms with Crippen LogP contribution in [0.1, 0.15) is 0 Å². The number of aromatic nitrogens is 10. The Morgan fingerprint density at radius 1 is 0.432 bits per heavy atom. The van der Waals surface area contributed by atoms with Crippen molar-refractivity contribution < 1.29 is 17.1 Å². The molecule has 0 saturated carbocycles. The van der Waals surface area contributed by atoms with Gasteiger partial charge in [0, 0.05) is 48.0 Å². The Balaban J connectivity index is 0.000000129. The summed E-state index contributed by atoms with van der Waals surface area (Å²) in [6.45, 7) is 0. The van der Waals surface area contributed by atoms with E-state index in [4.69, 9.17) is 0 Å². The topological polar surface area (TPSA) is 97.1 Å². The number of hydrogen-bond acceptors (Lipinski definition) is 6. The van der Waals surface area contributed by atoms with Crippen LogP contribution in [-0.2, 0) is 17.1 Å². The number of pyridine rings is 2. The molecule has 10 nitrogen and oxygen atoms in total. The molecule has 0 bridgehead atoms. The minimum Gasteiger partial charge on any atom is -0.429 e. The minimum absolute atomic E-state index is 0. The predicted octanol–water partition coefficient (Wildman–Crippen LogP) is 1.73. The molecule has 0 N–H and O–H groups in total. The standard InChI is InChI=1S/C12H8N2.2C6H8BN4.Fe/c1-3-9-5-6-10-4-2-8-14-12(10)11(9)13-7-1;2*1-3-8-10(5-1)7-11-6-2-4-9-11;/h1-8H;2*1-6H,7H2;/q;2*-1;+2. The van der Waals surface area contributed by atoms with E-state index in [1.807, 2.05) is 79.6 Å². The fourth-order valence-corrected chi connectivity index (χ4v) is 3.95. The van der Waals surface area contributed by atoms with Gasteiger partial charge in [-0.15, -0.1) is 0 Å². The molecule has 13 heteroatoms. The molecule has 7 rings (SSSR count). The van der Waals surface area contributed by atoms with Crippen LogP contribution in [0.3, 0.4) is 0 Å². The van der Waals surface area contributed by atoms with Gasteiger partial charge in [-0.2, -0.15) is 0 Å². The minimum atomic E-state index is -0.417. The molecule has 6 heterocycles. The van der Waals surface area contributed by atoms with Gasteiger partial charge >= 0.3 is 17.1 Å². The van der Waals surface area contributed by atoms with Gasteiger partial charge in [-0.3, -0.25) is 9.97 Å². The zero-order valence-corrected chi connectivity index (χ0v) is 21.5. The number of hydrogen-bond donors (Lipinski definition) is 0. The van der Waals surface area contributed by atoms with Crippen molar-refractivity contribution in [1.82, 2.24) is 48.7 Å². The second-order valence-electron chi connectivity index (χ2n) is 8.33. The molecule has 37 heavy (non-hydrogen) atoms. The molecule has 0 atom stereocenters. The Kier molecular flexibility index (Phi) is 9.01. The van der Waals surface area contributed by atoms with Gasteiger partial charge in [-0.25, -0.2) is 20.4 Å². The molecule has 0 saturated heterocycles. The van der Waals surface area contributed by atoms with E-state index in [-0.39, 0.29) is 17.1 Å². The van der Waals surface area contributed by atoms with Crippen molar-refractivity contribution in [2.75, 3.05) is 0 Å². The summed E-state index contributed by atoms with van der Waals surface area (Å²) in [6.07, 6.45) is 18.6. The van der Waals surface area contributed by atoms with E-state index in [0.717, 1.165) is 21.8 Å². The second kappa shape index (κ2) is 13.0. The Bertz CT molecular complexity index is 1400. The van der Waals surface area contributed by atoms with Crippen molar-refractivity contribution >= 4 is 36.9 Å². The summed E-state index contributed by atoms with van der Waals surface area (Å²) < 4.78 is 7.75. The zero-order valence-electron chi connectivity index (χ0n) is 20.4. The van der Waals surface area contributed by atoms with Crippen molar-refractivity contribution in [2.24, 2.45) is 0 Å². The van der Waals surface area contributed by atoms with Crippen molar-refractivity contribution in [3.63, 3.8) is 0 Å². The van der Waals surface area contributed by atoms with Gasteiger partial charge in [0.05, 0.1) is 11.0 Å². The van der Waals surface area contributed by atoms with Crippen LogP contribution in [0, 0.1) is 0 Å². The number of nitrogens with zero attached hydrogens (tertiary/aromatic N) is 10. The van der Waals surface area contributed by atoms with E-state index in [1.165, 1.54) is 0 Å². The van der Waals surface area contributed by atoms with E-state index in [9.17, 15) is 0 Å². The monoisotopic (exact) mass is 530 g/mol. The summed E-state index contributed by atoms with van der Waals surface area (Å²) in [5.41, 5.74) is 1.95. The summed E-state index contributed by atoms with van der Waals surface area (Å²) >= 11 is 0. The summed E-state index contributed by atoms with van der Waals surface area (Å²) in [7, 11) is -0.833. The van der Waals surface area contributed by atoms with Crippen LogP contribution in [0.2, 0.25) is 0 Å². The third kappa shape index (κ3) is 7.03. The van der Waals surface area contributed by atoms with E-state index >= 15 is 0 Å². The third-order valence-corrected chi connectivity index (χ3v) is 5.71. The molecule has 0 aliphatic carbocycles. The van der Waals surface area contributed by atoms with Crippen molar-refractivity contribution in [2.45, 2.75) is 0 Å². The summed E-state index contributed by atoms with van der Waals surface area (Å²) in [5, 5.41) is 18.7. The van der Waals surface area contributed by atoms with Gasteiger partial charge in [0.1, 0.15) is 0 Å². The predicted molar refractivity (Wildman–Crippen MR) is 145 cm³/mol. The van der Waals surface area contributed by atoms with Crippen LogP contribution in [-0.4, -0.2) is 63.8 Å². The Labute approximate surface area is 225 Å². The van der Waals surface area contributed by atoms with Gasteiger partial charge in [-0.05, 0) is 61.2 Å². The van der Waals surface area contributed by atoms with Crippen molar-refractivity contribution in [3.8, 4) is 0 Å². The summed E-state index contributed by atoms with van der Waals surface area (Å²) in [4.78, 5) is 8.69. The van der Waals surface area contributed by atoms with Gasteiger partial charge in [0.2, 0.25) is 0 Å². The van der Waals surface area contributed by atoms with Gasteiger partial charge in [0.25, 0.3) is 0 Å². The molecule has 184 valence electrons. The Morgan fingerprint density at radius 2 is 0.784 bits per heavy atom. The van der Waals surface area contributed by atoms with E-state index in [1.54, 1.807) is 37.2 Å². The van der Waals surface area contributed by atoms with E-state index < -0.39 is 15.1 Å². The van der Waals surface area contributed by atoms with Crippen LogP contribution >= 0.6 is 0 Å². The van der Waals surface area contributed by atoms with E-state index in [0.29, 0.717) is 0 Å². The molecule has 0 aliphatic rings. The number of benzene rings is 1. The average Bonchev–Trinajstić information content (AvgIpc) is 3.75. The maximum Gasteiger partial charge on any atom is 2.00 e. The maximum absolute atomic E-state index is 4.35. The van der Waals surface area contributed by atoms with Crippen LogP contribution in [0.5, 0.6) is 0 Å². The molecule has 0 unspecified atom stereocenters. The first-order chi connectivity index (χ1) is 17.8. The third-order valence-electron chi connectivity index (χ3n) is 5.71. The average molecular weight is 530 g/mol. The second-order valence-corrected chi connectivity index (χ2v) is 8.33. The molecule has 0 aliphatic heterocycles. The smallest absolute Gasteiger partial charge is 0.429 e. The molecule has 1 aromatic carbocycles. The largest absolute Gasteiger partial charge is 2.00 e. The van der Waals surface area contributed by atoms with Crippen molar-refractivity contribution in [1.29, 1.82) is 0 Å². The molecular weight excluding hydrogens is 506 g/mol. The maximum atomic E-state index is 4.35. The molecule has 6 aromatic heterocycles. The number of rotatable bonds is 4. The summed E-state index contributed by atoms with van der Waals surface area (Å²) in [6, 6.07) is 19.8. The number of fused-ring (bicyclic) bond motifs is 3. The van der Waals surface area contributed by atoms with Crippen LogP contribution in [0.25, 0.3) is 21.8 Å². The fourth-order valence-electron chi connectivity index (χ4n) is 3.95. The van der Waals surface area contributed by atoms with Crippen LogP contribution < -0.4 is 0 Å². The van der Waals surface area contributed by atoms with Crippen LogP contribution in [0.4, 0.5) is 0 Å². The molecule has 0 spiro atoms. The van der Waals surface area contributed by atoms with E-state index in [2.05, 4.69) is 54.6 Å². The summed E-state index contributed by atoms with van der Waals surface area (Å²) in [5.74, 6) is 0. The SMILES string of the molecule is [BH2-](n1cccn1)n1cccn1.[BH2-](n1cccn1)n1cccn1.[Fe+2].c1cnc2c(c1)ccc1cccnc12. The first kappa shape index (κ1) is 25.6. The Hall–Kier alpha value is -4.47. The Morgan fingerprint density at radius 3 is 1.08 bits per heavy atom. The molecular formula is C24H24B2FeN10. The van der Waals surface area contributed by atoms with Gasteiger partial charge < -0.3 is 18.4 Å². The van der Waals surface area contributed by atoms with Crippen LogP contribution in [0.15, 0.2) is 123 Å². The van der Waals surface area contributed by atoms with Crippen molar-refractivity contribution in [3.05, 3.63) is 123 Å². The molecule has 0 radical (unpaired) electrons. The van der Waals surface area contributed by atoms with Gasteiger partial charge in [-0.1, -0.05) is 24.3 Å². The molecule has 7 aromatic rings.